The highest BCUT2D eigenvalue weighted by Crippen LogP contribution is 2.46. The Bertz CT molecular complexity index is 806. The van der Waals surface area contributed by atoms with Gasteiger partial charge in [0, 0.05) is 35.8 Å². The minimum absolute atomic E-state index is 0.211. The molecule has 0 bridgehead atoms. The molecule has 1 unspecified atom stereocenters. The lowest BCUT2D eigenvalue weighted by Crippen LogP contribution is -2.43. The summed E-state index contributed by atoms with van der Waals surface area (Å²) < 4.78 is 0. The average Bonchev–Trinajstić information content (AvgIpc) is 3.09. The summed E-state index contributed by atoms with van der Waals surface area (Å²) in [6, 6.07) is 3.72. The Morgan fingerprint density at radius 2 is 2.12 bits per heavy atom. The summed E-state index contributed by atoms with van der Waals surface area (Å²) >= 11 is 6.28. The third-order valence-electron chi connectivity index (χ3n) is 6.03. The molecule has 1 N–H and O–H groups in total. The van der Waals surface area contributed by atoms with Gasteiger partial charge in [-0.15, -0.1) is 0 Å². The number of halogens is 1. The SMILES string of the molecule is CCC(=O)N1CCC(C(C)(C)C(C=O)c2cc(Cl)cc3[nH]ncc23)CC1. The molecule has 1 aromatic carbocycles. The van der Waals surface area contributed by atoms with Gasteiger partial charge in [0.15, 0.2) is 0 Å². The van der Waals surface area contributed by atoms with Crippen molar-refractivity contribution in [1.82, 2.24) is 15.1 Å². The van der Waals surface area contributed by atoms with E-state index in [2.05, 4.69) is 24.0 Å². The highest BCUT2D eigenvalue weighted by atomic mass is 35.5. The summed E-state index contributed by atoms with van der Waals surface area (Å²) in [4.78, 5) is 26.0. The van der Waals surface area contributed by atoms with Gasteiger partial charge in [-0.2, -0.15) is 5.10 Å². The third kappa shape index (κ3) is 3.37. The maximum absolute atomic E-state index is 12.2. The molecule has 26 heavy (non-hydrogen) atoms. The molecule has 6 heteroatoms. The molecule has 0 spiro atoms. The van der Waals surface area contributed by atoms with Crippen LogP contribution in [-0.4, -0.2) is 40.4 Å². The van der Waals surface area contributed by atoms with Gasteiger partial charge >= 0.3 is 0 Å². The molecule has 1 amide bonds. The van der Waals surface area contributed by atoms with Gasteiger partial charge in [-0.3, -0.25) is 9.89 Å². The number of amides is 1. The van der Waals surface area contributed by atoms with E-state index in [0.717, 1.165) is 48.7 Å². The normalized spacial score (nSPS) is 17.5. The second kappa shape index (κ2) is 7.39. The maximum atomic E-state index is 12.2. The number of piperidine rings is 1. The molecule has 1 aliphatic heterocycles. The van der Waals surface area contributed by atoms with Crippen molar-refractivity contribution in [3.63, 3.8) is 0 Å². The quantitative estimate of drug-likeness (QED) is 0.797. The van der Waals surface area contributed by atoms with Crippen LogP contribution in [0.5, 0.6) is 0 Å². The van der Waals surface area contributed by atoms with Gasteiger partial charge in [0.1, 0.15) is 6.29 Å². The van der Waals surface area contributed by atoms with Crippen LogP contribution in [-0.2, 0) is 9.59 Å². The zero-order valence-electron chi connectivity index (χ0n) is 15.6. The van der Waals surface area contributed by atoms with Crippen molar-refractivity contribution in [2.24, 2.45) is 11.3 Å². The largest absolute Gasteiger partial charge is 0.343 e. The molecule has 140 valence electrons. The smallest absolute Gasteiger partial charge is 0.222 e. The number of fused-ring (bicyclic) bond motifs is 1. The Kier molecular flexibility index (Phi) is 5.37. The fraction of sp³-hybridized carbons (Fsp3) is 0.550. The number of likely N-dealkylation sites (tertiary alicyclic amines) is 1. The van der Waals surface area contributed by atoms with Gasteiger partial charge in [0.05, 0.1) is 11.7 Å². The van der Waals surface area contributed by atoms with Crippen LogP contribution in [0.25, 0.3) is 10.9 Å². The van der Waals surface area contributed by atoms with Crippen molar-refractivity contribution in [2.75, 3.05) is 13.1 Å². The van der Waals surface area contributed by atoms with E-state index in [9.17, 15) is 9.59 Å². The molecule has 2 heterocycles. The standard InChI is InChI=1S/C20H26ClN3O2/c1-4-19(26)24-7-5-13(6-8-24)20(2,3)17(12-25)15-9-14(21)10-18-16(15)11-22-23-18/h9-13,17H,4-8H2,1-3H3,(H,22,23). The van der Waals surface area contributed by atoms with Crippen molar-refractivity contribution in [2.45, 2.75) is 46.0 Å². The number of benzene rings is 1. The van der Waals surface area contributed by atoms with Gasteiger partial charge in [0.25, 0.3) is 0 Å². The number of nitrogens with zero attached hydrogens (tertiary/aromatic N) is 2. The number of hydrogen-bond acceptors (Lipinski definition) is 3. The number of carbonyl (C=O) groups excluding carboxylic acids is 2. The van der Waals surface area contributed by atoms with E-state index in [0.29, 0.717) is 17.4 Å². The van der Waals surface area contributed by atoms with E-state index in [-0.39, 0.29) is 17.2 Å². The van der Waals surface area contributed by atoms with Gasteiger partial charge < -0.3 is 9.69 Å². The molecule has 1 atom stereocenters. The van der Waals surface area contributed by atoms with Crippen LogP contribution < -0.4 is 0 Å². The Hall–Kier alpha value is -1.88. The van der Waals surface area contributed by atoms with Gasteiger partial charge in [-0.25, -0.2) is 0 Å². The van der Waals surface area contributed by atoms with Crippen molar-refractivity contribution < 1.29 is 9.59 Å². The first-order chi connectivity index (χ1) is 12.4. The molecular weight excluding hydrogens is 350 g/mol. The van der Waals surface area contributed by atoms with Crippen molar-refractivity contribution in [1.29, 1.82) is 0 Å². The number of aromatic amines is 1. The van der Waals surface area contributed by atoms with Crippen LogP contribution in [0.15, 0.2) is 18.3 Å². The molecule has 1 fully saturated rings. The second-order valence-electron chi connectivity index (χ2n) is 7.77. The molecule has 1 aliphatic rings. The molecule has 0 saturated carbocycles. The Morgan fingerprint density at radius 3 is 2.73 bits per heavy atom. The van der Waals surface area contributed by atoms with E-state index in [1.165, 1.54) is 0 Å². The summed E-state index contributed by atoms with van der Waals surface area (Å²) in [6.45, 7) is 7.74. The predicted octanol–water partition coefficient (Wildman–Crippen LogP) is 4.17. The highest BCUT2D eigenvalue weighted by molar-refractivity contribution is 6.31. The lowest BCUT2D eigenvalue weighted by atomic mass is 9.64. The van der Waals surface area contributed by atoms with Crippen LogP contribution >= 0.6 is 11.6 Å². The lowest BCUT2D eigenvalue weighted by molar-refractivity contribution is -0.133. The molecule has 1 aromatic heterocycles. The molecule has 0 aliphatic carbocycles. The molecule has 2 aromatic rings. The maximum Gasteiger partial charge on any atom is 0.222 e. The summed E-state index contributed by atoms with van der Waals surface area (Å²) in [7, 11) is 0. The number of hydrogen-bond donors (Lipinski definition) is 1. The van der Waals surface area contributed by atoms with Gasteiger partial charge in [0.2, 0.25) is 5.91 Å². The minimum Gasteiger partial charge on any atom is -0.343 e. The number of carbonyl (C=O) groups is 2. The van der Waals surface area contributed by atoms with E-state index in [1.54, 1.807) is 6.20 Å². The second-order valence-corrected chi connectivity index (χ2v) is 8.21. The number of nitrogens with one attached hydrogen (secondary N) is 1. The van der Waals surface area contributed by atoms with Crippen LogP contribution in [0.1, 0.15) is 51.5 Å². The van der Waals surface area contributed by atoms with E-state index in [1.807, 2.05) is 24.0 Å². The molecule has 1 saturated heterocycles. The van der Waals surface area contributed by atoms with Crippen LogP contribution in [0.4, 0.5) is 0 Å². The summed E-state index contributed by atoms with van der Waals surface area (Å²) in [5, 5.41) is 8.59. The van der Waals surface area contributed by atoms with Crippen molar-refractivity contribution in [3.05, 3.63) is 28.9 Å². The molecular formula is C20H26ClN3O2. The van der Waals surface area contributed by atoms with Crippen molar-refractivity contribution in [3.8, 4) is 0 Å². The summed E-state index contributed by atoms with van der Waals surface area (Å²) in [5.74, 6) is 0.294. The predicted molar refractivity (Wildman–Crippen MR) is 103 cm³/mol. The Labute approximate surface area is 159 Å². The third-order valence-corrected chi connectivity index (χ3v) is 6.25. The number of rotatable bonds is 5. The Balaban J connectivity index is 1.88. The highest BCUT2D eigenvalue weighted by Gasteiger charge is 2.40. The number of H-pyrrole nitrogens is 1. The summed E-state index contributed by atoms with van der Waals surface area (Å²) in [5.41, 5.74) is 1.53. The first-order valence-corrected chi connectivity index (χ1v) is 9.61. The van der Waals surface area contributed by atoms with Gasteiger partial charge in [-0.05, 0) is 41.9 Å². The van der Waals surface area contributed by atoms with E-state index in [4.69, 9.17) is 11.6 Å². The van der Waals surface area contributed by atoms with Crippen LogP contribution in [0.2, 0.25) is 5.02 Å². The van der Waals surface area contributed by atoms with Gasteiger partial charge in [-0.1, -0.05) is 32.4 Å². The molecule has 3 rings (SSSR count). The topological polar surface area (TPSA) is 66.1 Å². The van der Waals surface area contributed by atoms with E-state index >= 15 is 0 Å². The fourth-order valence-corrected chi connectivity index (χ4v) is 4.53. The number of aldehydes is 1. The number of aromatic nitrogens is 2. The summed E-state index contributed by atoms with van der Waals surface area (Å²) in [6.07, 6.45) is 5.18. The first-order valence-electron chi connectivity index (χ1n) is 9.24. The Morgan fingerprint density at radius 1 is 1.42 bits per heavy atom. The van der Waals surface area contributed by atoms with Crippen molar-refractivity contribution >= 4 is 34.7 Å². The first kappa shape index (κ1) is 18.9. The fourth-order valence-electron chi connectivity index (χ4n) is 4.30. The molecule has 0 radical (unpaired) electrons. The van der Waals surface area contributed by atoms with Crippen LogP contribution in [0.3, 0.4) is 0 Å². The lowest BCUT2D eigenvalue weighted by Gasteiger charge is -2.43. The van der Waals surface area contributed by atoms with E-state index < -0.39 is 0 Å². The monoisotopic (exact) mass is 375 g/mol. The van der Waals surface area contributed by atoms with Crippen LogP contribution in [0, 0.1) is 11.3 Å². The molecule has 5 nitrogen and oxygen atoms in total. The zero-order chi connectivity index (χ0) is 18.9. The zero-order valence-corrected chi connectivity index (χ0v) is 16.3. The average molecular weight is 376 g/mol. The minimum atomic E-state index is -0.278.